The number of hydrogen-bond acceptors (Lipinski definition) is 3. The van der Waals surface area contributed by atoms with Crippen LogP contribution in [0.4, 0.5) is 0 Å². The van der Waals surface area contributed by atoms with Crippen molar-refractivity contribution in [2.75, 3.05) is 13.1 Å². The summed E-state index contributed by atoms with van der Waals surface area (Å²) in [7, 11) is 0. The fraction of sp³-hybridized carbons (Fsp3) is 0.688. The Morgan fingerprint density at radius 1 is 1.20 bits per heavy atom. The molecule has 0 amide bonds. The summed E-state index contributed by atoms with van der Waals surface area (Å²) in [6.07, 6.45) is 11.0. The van der Waals surface area contributed by atoms with E-state index in [0.717, 1.165) is 18.7 Å². The van der Waals surface area contributed by atoms with Gasteiger partial charge in [-0.2, -0.15) is 0 Å². The molecule has 2 heterocycles. The van der Waals surface area contributed by atoms with Gasteiger partial charge in [0.15, 0.2) is 0 Å². The zero-order valence-electron chi connectivity index (χ0n) is 11.9. The van der Waals surface area contributed by atoms with Crippen LogP contribution in [0, 0.1) is 5.41 Å². The van der Waals surface area contributed by atoms with Gasteiger partial charge in [0.25, 0.3) is 0 Å². The molecule has 1 aromatic heterocycles. The Balaban J connectivity index is 1.58. The third-order valence-electron chi connectivity index (χ3n) is 5.17. The van der Waals surface area contributed by atoms with Gasteiger partial charge in [0.2, 0.25) is 5.76 Å². The molecule has 1 spiro atoms. The van der Waals surface area contributed by atoms with E-state index in [1.54, 1.807) is 6.07 Å². The third kappa shape index (κ3) is 2.75. The van der Waals surface area contributed by atoms with E-state index in [-0.39, 0.29) is 5.76 Å². The summed E-state index contributed by atoms with van der Waals surface area (Å²) in [5.74, 6) is -0.867. The molecule has 0 unspecified atom stereocenters. The number of nitrogens with zero attached hydrogens (tertiary/aromatic N) is 1. The lowest BCUT2D eigenvalue weighted by molar-refractivity contribution is 0.0608. The van der Waals surface area contributed by atoms with Crippen molar-refractivity contribution in [3.05, 3.63) is 23.7 Å². The van der Waals surface area contributed by atoms with Crippen LogP contribution in [0.3, 0.4) is 0 Å². The highest BCUT2D eigenvalue weighted by Crippen LogP contribution is 2.44. The molecule has 1 aliphatic heterocycles. The van der Waals surface area contributed by atoms with Crippen LogP contribution in [-0.2, 0) is 6.54 Å². The SMILES string of the molecule is O=C(O)c1occc1CN1CCC2(CCCCC2)CC1. The first-order valence-electron chi connectivity index (χ1n) is 7.71. The monoisotopic (exact) mass is 277 g/mol. The molecule has 1 saturated heterocycles. The summed E-state index contributed by atoms with van der Waals surface area (Å²) in [5, 5.41) is 9.07. The van der Waals surface area contributed by atoms with Crippen LogP contribution in [-0.4, -0.2) is 29.1 Å². The van der Waals surface area contributed by atoms with Crippen LogP contribution < -0.4 is 0 Å². The number of carboxylic acids is 1. The summed E-state index contributed by atoms with van der Waals surface area (Å²) in [5.41, 5.74) is 1.40. The van der Waals surface area contributed by atoms with Crippen LogP contribution in [0.25, 0.3) is 0 Å². The molecule has 0 radical (unpaired) electrons. The molecule has 2 aliphatic rings. The molecule has 4 nitrogen and oxygen atoms in total. The number of carboxylic acid groups (broad SMARTS) is 1. The van der Waals surface area contributed by atoms with Gasteiger partial charge in [-0.1, -0.05) is 19.3 Å². The second kappa shape index (κ2) is 5.60. The number of aromatic carboxylic acids is 1. The van der Waals surface area contributed by atoms with Crippen molar-refractivity contribution < 1.29 is 14.3 Å². The molecule has 1 N–H and O–H groups in total. The summed E-state index contributed by atoms with van der Waals surface area (Å²) < 4.78 is 5.05. The number of rotatable bonds is 3. The highest BCUT2D eigenvalue weighted by Gasteiger charge is 2.35. The van der Waals surface area contributed by atoms with Gasteiger partial charge in [-0.15, -0.1) is 0 Å². The Kier molecular flexibility index (Phi) is 3.83. The maximum atomic E-state index is 11.1. The first-order valence-corrected chi connectivity index (χ1v) is 7.71. The molecule has 4 heteroatoms. The second-order valence-corrected chi connectivity index (χ2v) is 6.42. The van der Waals surface area contributed by atoms with Gasteiger partial charge < -0.3 is 9.52 Å². The van der Waals surface area contributed by atoms with Crippen LogP contribution in [0.2, 0.25) is 0 Å². The lowest BCUT2D eigenvalue weighted by atomic mass is 9.68. The van der Waals surface area contributed by atoms with E-state index in [1.807, 2.05) is 0 Å². The van der Waals surface area contributed by atoms with Crippen LogP contribution >= 0.6 is 0 Å². The van der Waals surface area contributed by atoms with Crippen LogP contribution in [0.5, 0.6) is 0 Å². The molecule has 20 heavy (non-hydrogen) atoms. The predicted octanol–water partition coefficient (Wildman–Crippen LogP) is 3.52. The quantitative estimate of drug-likeness (QED) is 0.918. The Labute approximate surface area is 119 Å². The molecule has 1 saturated carbocycles. The standard InChI is InChI=1S/C16H23NO3/c18-15(19)14-13(4-11-20-14)12-17-9-7-16(8-10-17)5-2-1-3-6-16/h4,11H,1-3,5-10,12H2,(H,18,19). The van der Waals surface area contributed by atoms with E-state index in [1.165, 1.54) is 51.2 Å². The molecular formula is C16H23NO3. The molecule has 2 fully saturated rings. The number of hydrogen-bond donors (Lipinski definition) is 1. The van der Waals surface area contributed by atoms with Gasteiger partial charge in [-0.3, -0.25) is 4.90 Å². The maximum Gasteiger partial charge on any atom is 0.372 e. The van der Waals surface area contributed by atoms with Gasteiger partial charge in [-0.05, 0) is 50.3 Å². The Bertz CT molecular complexity index is 464. The summed E-state index contributed by atoms with van der Waals surface area (Å²) >= 11 is 0. The van der Waals surface area contributed by atoms with Crippen molar-refractivity contribution >= 4 is 5.97 Å². The number of furan rings is 1. The predicted molar refractivity (Wildman–Crippen MR) is 75.7 cm³/mol. The summed E-state index contributed by atoms with van der Waals surface area (Å²) in [4.78, 5) is 13.4. The van der Waals surface area contributed by atoms with E-state index in [0.29, 0.717) is 12.0 Å². The van der Waals surface area contributed by atoms with E-state index in [2.05, 4.69) is 4.90 Å². The topological polar surface area (TPSA) is 53.7 Å². The van der Waals surface area contributed by atoms with Crippen molar-refractivity contribution in [2.24, 2.45) is 5.41 Å². The summed E-state index contributed by atoms with van der Waals surface area (Å²) in [6, 6.07) is 1.79. The fourth-order valence-corrected chi connectivity index (χ4v) is 3.88. The average Bonchev–Trinajstić information content (AvgIpc) is 2.91. The maximum absolute atomic E-state index is 11.1. The second-order valence-electron chi connectivity index (χ2n) is 6.42. The van der Waals surface area contributed by atoms with E-state index in [4.69, 9.17) is 9.52 Å². The molecule has 0 bridgehead atoms. The number of likely N-dealkylation sites (tertiary alicyclic amines) is 1. The van der Waals surface area contributed by atoms with Gasteiger partial charge >= 0.3 is 5.97 Å². The largest absolute Gasteiger partial charge is 0.475 e. The normalized spacial score (nSPS) is 23.0. The zero-order valence-corrected chi connectivity index (χ0v) is 11.9. The smallest absolute Gasteiger partial charge is 0.372 e. The first kappa shape index (κ1) is 13.7. The molecular weight excluding hydrogens is 254 g/mol. The van der Waals surface area contributed by atoms with Gasteiger partial charge in [0.1, 0.15) is 0 Å². The molecule has 0 aromatic carbocycles. The Hall–Kier alpha value is -1.29. The third-order valence-corrected chi connectivity index (χ3v) is 5.17. The van der Waals surface area contributed by atoms with Crippen molar-refractivity contribution in [1.29, 1.82) is 0 Å². The average molecular weight is 277 g/mol. The molecule has 1 aliphatic carbocycles. The summed E-state index contributed by atoms with van der Waals surface area (Å²) in [6.45, 7) is 2.88. The molecule has 1 aromatic rings. The Morgan fingerprint density at radius 2 is 1.90 bits per heavy atom. The number of piperidine rings is 1. The van der Waals surface area contributed by atoms with Crippen molar-refractivity contribution in [2.45, 2.75) is 51.5 Å². The van der Waals surface area contributed by atoms with Gasteiger partial charge in [0.05, 0.1) is 6.26 Å². The van der Waals surface area contributed by atoms with Gasteiger partial charge in [0, 0.05) is 12.1 Å². The minimum atomic E-state index is -0.967. The van der Waals surface area contributed by atoms with E-state index >= 15 is 0 Å². The van der Waals surface area contributed by atoms with Crippen molar-refractivity contribution in [1.82, 2.24) is 4.90 Å². The number of carbonyl (C=O) groups is 1. The fourth-order valence-electron chi connectivity index (χ4n) is 3.88. The first-order chi connectivity index (χ1) is 9.69. The van der Waals surface area contributed by atoms with Gasteiger partial charge in [-0.25, -0.2) is 4.79 Å². The van der Waals surface area contributed by atoms with E-state index in [9.17, 15) is 4.79 Å². The minimum Gasteiger partial charge on any atom is -0.475 e. The molecule has 110 valence electrons. The van der Waals surface area contributed by atoms with E-state index < -0.39 is 5.97 Å². The molecule has 3 rings (SSSR count). The minimum absolute atomic E-state index is 0.1000. The van der Waals surface area contributed by atoms with Crippen LogP contribution in [0.1, 0.15) is 61.1 Å². The lowest BCUT2D eigenvalue weighted by Crippen LogP contribution is -2.40. The van der Waals surface area contributed by atoms with Crippen LogP contribution in [0.15, 0.2) is 16.7 Å². The Morgan fingerprint density at radius 3 is 2.55 bits per heavy atom. The highest BCUT2D eigenvalue weighted by atomic mass is 16.4. The molecule has 0 atom stereocenters. The van der Waals surface area contributed by atoms with Crippen molar-refractivity contribution in [3.63, 3.8) is 0 Å². The lowest BCUT2D eigenvalue weighted by Gasteiger charge is -2.44. The highest BCUT2D eigenvalue weighted by molar-refractivity contribution is 5.86. The zero-order chi connectivity index (χ0) is 14.0. The van der Waals surface area contributed by atoms with Crippen molar-refractivity contribution in [3.8, 4) is 0 Å².